The minimum atomic E-state index is -0.551. The van der Waals surface area contributed by atoms with Crippen LogP contribution in [0.1, 0.15) is 50.0 Å². The summed E-state index contributed by atoms with van der Waals surface area (Å²) in [7, 11) is 0. The molecule has 2 atom stereocenters. The van der Waals surface area contributed by atoms with E-state index in [1.165, 1.54) is 0 Å². The molecule has 2 N–H and O–H groups in total. The van der Waals surface area contributed by atoms with E-state index in [9.17, 15) is 10.2 Å². The molecule has 21 heavy (non-hydrogen) atoms. The molecule has 3 heteroatoms. The summed E-state index contributed by atoms with van der Waals surface area (Å²) in [5.41, 5.74) is 1.53. The van der Waals surface area contributed by atoms with Gasteiger partial charge in [0.1, 0.15) is 11.5 Å². The lowest BCUT2D eigenvalue weighted by Gasteiger charge is -2.18. The summed E-state index contributed by atoms with van der Waals surface area (Å²) >= 11 is 0. The zero-order valence-corrected chi connectivity index (χ0v) is 12.5. The van der Waals surface area contributed by atoms with Gasteiger partial charge in [-0.2, -0.15) is 0 Å². The van der Waals surface area contributed by atoms with Crippen LogP contribution in [-0.4, -0.2) is 10.2 Å². The Bertz CT molecular complexity index is 529. The highest BCUT2D eigenvalue weighted by Gasteiger charge is 2.15. The third-order valence-corrected chi connectivity index (χ3v) is 3.55. The highest BCUT2D eigenvalue weighted by molar-refractivity contribution is 5.42. The molecule has 2 rings (SSSR count). The van der Waals surface area contributed by atoms with Crippen molar-refractivity contribution in [3.05, 3.63) is 59.7 Å². The second-order valence-electron chi connectivity index (χ2n) is 5.03. The molecule has 0 heterocycles. The van der Waals surface area contributed by atoms with E-state index in [1.807, 2.05) is 62.4 Å². The van der Waals surface area contributed by atoms with Crippen LogP contribution in [-0.2, 0) is 0 Å². The molecule has 0 aromatic heterocycles. The summed E-state index contributed by atoms with van der Waals surface area (Å²) in [6.45, 7) is 3.85. The Morgan fingerprint density at radius 3 is 1.52 bits per heavy atom. The van der Waals surface area contributed by atoms with Crippen LogP contribution in [0.4, 0.5) is 0 Å². The molecule has 2 aromatic carbocycles. The Morgan fingerprint density at radius 2 is 1.14 bits per heavy atom. The minimum absolute atomic E-state index is 0.551. The number of rotatable bonds is 6. The molecule has 0 radical (unpaired) electrons. The van der Waals surface area contributed by atoms with Gasteiger partial charge in [-0.1, -0.05) is 50.2 Å². The first kappa shape index (κ1) is 15.5. The first-order valence-electron chi connectivity index (χ1n) is 7.39. The van der Waals surface area contributed by atoms with Crippen molar-refractivity contribution in [2.24, 2.45) is 0 Å². The normalized spacial score (nSPS) is 13.7. The van der Waals surface area contributed by atoms with Crippen molar-refractivity contribution in [1.82, 2.24) is 0 Å². The maximum atomic E-state index is 10.1. The van der Waals surface area contributed by atoms with E-state index in [-0.39, 0.29) is 0 Å². The fraction of sp³-hybridized carbons (Fsp3) is 0.333. The SMILES string of the molecule is CC[C@H](O)c1ccccc1Oc1ccccc1[C@@H](O)CC. The summed E-state index contributed by atoms with van der Waals surface area (Å²) in [5, 5.41) is 20.2. The van der Waals surface area contributed by atoms with Gasteiger partial charge in [0.15, 0.2) is 0 Å². The number of aliphatic hydroxyl groups is 2. The van der Waals surface area contributed by atoms with Gasteiger partial charge in [0.2, 0.25) is 0 Å². The summed E-state index contributed by atoms with van der Waals surface area (Å²) in [6.07, 6.45) is 0.146. The lowest BCUT2D eigenvalue weighted by Crippen LogP contribution is -2.02. The van der Waals surface area contributed by atoms with Gasteiger partial charge in [-0.15, -0.1) is 0 Å². The van der Waals surface area contributed by atoms with Crippen LogP contribution in [0.5, 0.6) is 11.5 Å². The van der Waals surface area contributed by atoms with Crippen LogP contribution in [0, 0.1) is 0 Å². The van der Waals surface area contributed by atoms with E-state index in [0.717, 1.165) is 11.1 Å². The third-order valence-electron chi connectivity index (χ3n) is 3.55. The van der Waals surface area contributed by atoms with Crippen molar-refractivity contribution in [2.75, 3.05) is 0 Å². The number of para-hydroxylation sites is 2. The molecule has 0 amide bonds. The molecule has 0 spiro atoms. The highest BCUT2D eigenvalue weighted by Crippen LogP contribution is 2.34. The van der Waals surface area contributed by atoms with Gasteiger partial charge in [-0.25, -0.2) is 0 Å². The van der Waals surface area contributed by atoms with Gasteiger partial charge in [0.05, 0.1) is 12.2 Å². The van der Waals surface area contributed by atoms with Crippen LogP contribution in [0.15, 0.2) is 48.5 Å². The van der Waals surface area contributed by atoms with Gasteiger partial charge >= 0.3 is 0 Å². The molecule has 0 aliphatic heterocycles. The molecule has 0 aliphatic carbocycles. The molecule has 0 fully saturated rings. The van der Waals surface area contributed by atoms with E-state index >= 15 is 0 Å². The van der Waals surface area contributed by atoms with Crippen molar-refractivity contribution >= 4 is 0 Å². The van der Waals surface area contributed by atoms with Gasteiger partial charge in [0, 0.05) is 11.1 Å². The molecule has 2 aromatic rings. The average molecular weight is 286 g/mol. The topological polar surface area (TPSA) is 49.7 Å². The summed E-state index contributed by atoms with van der Waals surface area (Å²) in [5.74, 6) is 1.25. The fourth-order valence-electron chi connectivity index (χ4n) is 2.26. The molecule has 0 bridgehead atoms. The van der Waals surface area contributed by atoms with Gasteiger partial charge in [0.25, 0.3) is 0 Å². The average Bonchev–Trinajstić information content (AvgIpc) is 2.54. The van der Waals surface area contributed by atoms with Gasteiger partial charge in [-0.3, -0.25) is 0 Å². The van der Waals surface area contributed by atoms with Crippen LogP contribution >= 0.6 is 0 Å². The number of benzene rings is 2. The first-order chi connectivity index (χ1) is 10.2. The molecule has 3 nitrogen and oxygen atoms in total. The molecule has 0 aliphatic rings. The monoisotopic (exact) mass is 286 g/mol. The molecule has 0 saturated heterocycles. The standard InChI is InChI=1S/C18H22O3/c1-3-15(19)13-9-5-7-11-17(13)21-18-12-8-6-10-14(18)16(20)4-2/h5-12,15-16,19-20H,3-4H2,1-2H3/t15-,16-/m0/s1. The van der Waals surface area contributed by atoms with Crippen LogP contribution < -0.4 is 4.74 Å². The van der Waals surface area contributed by atoms with Crippen LogP contribution in [0.2, 0.25) is 0 Å². The van der Waals surface area contributed by atoms with E-state index in [2.05, 4.69) is 0 Å². The molecular weight excluding hydrogens is 264 g/mol. The fourth-order valence-corrected chi connectivity index (χ4v) is 2.26. The molecular formula is C18H22O3. The number of hydrogen-bond donors (Lipinski definition) is 2. The number of hydrogen-bond acceptors (Lipinski definition) is 3. The number of aliphatic hydroxyl groups excluding tert-OH is 2. The Hall–Kier alpha value is -1.84. The van der Waals surface area contributed by atoms with E-state index in [1.54, 1.807) is 0 Å². The number of ether oxygens (including phenoxy) is 1. The largest absolute Gasteiger partial charge is 0.457 e. The zero-order valence-electron chi connectivity index (χ0n) is 12.5. The first-order valence-corrected chi connectivity index (χ1v) is 7.39. The lowest BCUT2D eigenvalue weighted by atomic mass is 10.0. The van der Waals surface area contributed by atoms with Crippen LogP contribution in [0.25, 0.3) is 0 Å². The Morgan fingerprint density at radius 1 is 0.762 bits per heavy atom. The summed E-state index contributed by atoms with van der Waals surface area (Å²) < 4.78 is 5.97. The second-order valence-corrected chi connectivity index (χ2v) is 5.03. The van der Waals surface area contributed by atoms with Crippen molar-refractivity contribution in [3.8, 4) is 11.5 Å². The third kappa shape index (κ3) is 3.63. The Balaban J connectivity index is 2.35. The Labute approximate surface area is 125 Å². The highest BCUT2D eigenvalue weighted by atomic mass is 16.5. The smallest absolute Gasteiger partial charge is 0.133 e. The molecule has 0 unspecified atom stereocenters. The quantitative estimate of drug-likeness (QED) is 0.829. The van der Waals surface area contributed by atoms with Crippen molar-refractivity contribution in [3.63, 3.8) is 0 Å². The van der Waals surface area contributed by atoms with Gasteiger partial charge in [-0.05, 0) is 25.0 Å². The predicted molar refractivity (Wildman–Crippen MR) is 83.5 cm³/mol. The van der Waals surface area contributed by atoms with Crippen LogP contribution in [0.3, 0.4) is 0 Å². The summed E-state index contributed by atoms with van der Waals surface area (Å²) in [4.78, 5) is 0. The zero-order chi connectivity index (χ0) is 15.2. The maximum Gasteiger partial charge on any atom is 0.133 e. The van der Waals surface area contributed by atoms with E-state index in [0.29, 0.717) is 24.3 Å². The molecule has 0 saturated carbocycles. The lowest BCUT2D eigenvalue weighted by molar-refractivity contribution is 0.166. The summed E-state index contributed by atoms with van der Waals surface area (Å²) in [6, 6.07) is 14.9. The minimum Gasteiger partial charge on any atom is -0.457 e. The van der Waals surface area contributed by atoms with Crippen molar-refractivity contribution in [2.45, 2.75) is 38.9 Å². The predicted octanol–water partition coefficient (Wildman–Crippen LogP) is 4.37. The van der Waals surface area contributed by atoms with E-state index < -0.39 is 12.2 Å². The Kier molecular flexibility index (Phi) is 5.37. The van der Waals surface area contributed by atoms with Gasteiger partial charge < -0.3 is 14.9 Å². The second kappa shape index (κ2) is 7.25. The van der Waals surface area contributed by atoms with Crippen molar-refractivity contribution < 1.29 is 14.9 Å². The molecule has 112 valence electrons. The maximum absolute atomic E-state index is 10.1. The van der Waals surface area contributed by atoms with E-state index in [4.69, 9.17) is 4.74 Å². The van der Waals surface area contributed by atoms with Crippen molar-refractivity contribution in [1.29, 1.82) is 0 Å².